The molecule has 0 unspecified atom stereocenters. The first kappa shape index (κ1) is 12.9. The maximum atomic E-state index is 11.4. The first-order valence-electron chi connectivity index (χ1n) is 6.25. The number of ether oxygens (including phenoxy) is 1. The summed E-state index contributed by atoms with van der Waals surface area (Å²) in [5.41, 5.74) is 3.14. The lowest BCUT2D eigenvalue weighted by Gasteiger charge is -2.17. The van der Waals surface area contributed by atoms with Gasteiger partial charge < -0.3 is 4.74 Å². The minimum atomic E-state index is 0.0383. The van der Waals surface area contributed by atoms with Crippen LogP contribution in [0.5, 0.6) is 5.75 Å². The van der Waals surface area contributed by atoms with Crippen LogP contribution in [0.2, 0.25) is 5.02 Å². The molecule has 0 saturated carbocycles. The monoisotopic (exact) mass is 285 g/mol. The second kappa shape index (κ2) is 5.10. The summed E-state index contributed by atoms with van der Waals surface area (Å²) in [5, 5.41) is 0.626. The van der Waals surface area contributed by atoms with Crippen molar-refractivity contribution in [2.75, 3.05) is 6.61 Å². The van der Waals surface area contributed by atoms with E-state index in [4.69, 9.17) is 16.3 Å². The summed E-state index contributed by atoms with van der Waals surface area (Å²) in [6.07, 6.45) is 0. The molecule has 2 aromatic rings. The Kier molecular flexibility index (Phi) is 3.28. The van der Waals surface area contributed by atoms with Gasteiger partial charge in [0.15, 0.2) is 5.78 Å². The molecular formula is C16H12ClNO2. The van der Waals surface area contributed by atoms with E-state index in [2.05, 4.69) is 4.99 Å². The van der Waals surface area contributed by atoms with Gasteiger partial charge in [-0.25, -0.2) is 4.99 Å². The van der Waals surface area contributed by atoms with E-state index in [9.17, 15) is 4.79 Å². The van der Waals surface area contributed by atoms with Crippen LogP contribution in [0.15, 0.2) is 47.5 Å². The molecule has 0 fully saturated rings. The summed E-state index contributed by atoms with van der Waals surface area (Å²) < 4.78 is 5.67. The number of carbonyl (C=O) groups excluding carboxylic acids is 1. The molecule has 3 nitrogen and oxygen atoms in total. The van der Waals surface area contributed by atoms with E-state index in [0.717, 1.165) is 17.0 Å². The smallest absolute Gasteiger partial charge is 0.159 e. The maximum Gasteiger partial charge on any atom is 0.159 e. The summed E-state index contributed by atoms with van der Waals surface area (Å²) in [4.78, 5) is 16.0. The zero-order valence-electron chi connectivity index (χ0n) is 10.9. The maximum absolute atomic E-state index is 11.4. The highest BCUT2D eigenvalue weighted by molar-refractivity contribution is 6.30. The summed E-state index contributed by atoms with van der Waals surface area (Å²) in [6.45, 7) is 1.92. The molecule has 1 aliphatic rings. The summed E-state index contributed by atoms with van der Waals surface area (Å²) in [5.74, 6) is 0.723. The van der Waals surface area contributed by atoms with Crippen molar-refractivity contribution in [3.63, 3.8) is 0 Å². The average Bonchev–Trinajstić information content (AvgIpc) is 2.47. The molecule has 0 saturated heterocycles. The fraction of sp³-hybridized carbons (Fsp3) is 0.125. The Balaban J connectivity index is 2.01. The van der Waals surface area contributed by atoms with E-state index in [-0.39, 0.29) is 5.78 Å². The van der Waals surface area contributed by atoms with E-state index in [1.165, 1.54) is 0 Å². The molecule has 0 atom stereocenters. The van der Waals surface area contributed by atoms with E-state index >= 15 is 0 Å². The second-order valence-corrected chi connectivity index (χ2v) is 5.03. The lowest BCUT2D eigenvalue weighted by Crippen LogP contribution is -2.16. The molecule has 2 aromatic carbocycles. The van der Waals surface area contributed by atoms with Crippen molar-refractivity contribution in [2.24, 2.45) is 4.99 Å². The molecular weight excluding hydrogens is 274 g/mol. The van der Waals surface area contributed by atoms with Crippen LogP contribution in [0, 0.1) is 0 Å². The van der Waals surface area contributed by atoms with Gasteiger partial charge in [0.1, 0.15) is 18.0 Å². The van der Waals surface area contributed by atoms with Crippen LogP contribution in [-0.2, 0) is 0 Å². The van der Waals surface area contributed by atoms with Crippen LogP contribution in [-0.4, -0.2) is 18.1 Å². The SMILES string of the molecule is CC(=O)c1cccc(C2=Nc3ccc(Cl)cc3OC2)c1. The van der Waals surface area contributed by atoms with Gasteiger partial charge in [-0.3, -0.25) is 4.79 Å². The molecule has 0 N–H and O–H groups in total. The van der Waals surface area contributed by atoms with Gasteiger partial charge in [0.05, 0.1) is 5.71 Å². The van der Waals surface area contributed by atoms with Gasteiger partial charge in [0, 0.05) is 22.2 Å². The zero-order valence-corrected chi connectivity index (χ0v) is 11.6. The number of nitrogens with zero attached hydrogens (tertiary/aromatic N) is 1. The predicted octanol–water partition coefficient (Wildman–Crippen LogP) is 4.06. The number of fused-ring (bicyclic) bond motifs is 1. The largest absolute Gasteiger partial charge is 0.485 e. The van der Waals surface area contributed by atoms with Crippen molar-refractivity contribution in [3.8, 4) is 5.75 Å². The molecule has 0 aromatic heterocycles. The van der Waals surface area contributed by atoms with Gasteiger partial charge in [-0.05, 0) is 25.1 Å². The minimum Gasteiger partial charge on any atom is -0.485 e. The highest BCUT2D eigenvalue weighted by Crippen LogP contribution is 2.33. The number of aliphatic imine (C=N–C) groups is 1. The van der Waals surface area contributed by atoms with Gasteiger partial charge in [0.2, 0.25) is 0 Å². The number of hydrogen-bond donors (Lipinski definition) is 0. The Morgan fingerprint density at radius 1 is 1.25 bits per heavy atom. The number of benzene rings is 2. The average molecular weight is 286 g/mol. The molecule has 4 heteroatoms. The van der Waals surface area contributed by atoms with Gasteiger partial charge in [-0.15, -0.1) is 0 Å². The van der Waals surface area contributed by atoms with Crippen molar-refractivity contribution in [1.82, 2.24) is 0 Å². The van der Waals surface area contributed by atoms with Crippen molar-refractivity contribution >= 4 is 28.8 Å². The molecule has 20 heavy (non-hydrogen) atoms. The Morgan fingerprint density at radius 2 is 2.10 bits per heavy atom. The number of hydrogen-bond acceptors (Lipinski definition) is 3. The third-order valence-electron chi connectivity index (χ3n) is 3.14. The Hall–Kier alpha value is -2.13. The zero-order chi connectivity index (χ0) is 14.1. The Labute approximate surface area is 121 Å². The molecule has 100 valence electrons. The highest BCUT2D eigenvalue weighted by atomic mass is 35.5. The van der Waals surface area contributed by atoms with Gasteiger partial charge in [0.25, 0.3) is 0 Å². The second-order valence-electron chi connectivity index (χ2n) is 4.60. The molecule has 0 bridgehead atoms. The van der Waals surface area contributed by atoms with Crippen molar-refractivity contribution in [3.05, 3.63) is 58.6 Å². The lowest BCUT2D eigenvalue weighted by molar-refractivity contribution is 0.101. The minimum absolute atomic E-state index is 0.0383. The van der Waals surface area contributed by atoms with Crippen molar-refractivity contribution in [1.29, 1.82) is 0 Å². The van der Waals surface area contributed by atoms with Crippen molar-refractivity contribution < 1.29 is 9.53 Å². The summed E-state index contributed by atoms with van der Waals surface area (Å²) >= 11 is 5.92. The van der Waals surface area contributed by atoms with Crippen LogP contribution in [0.25, 0.3) is 0 Å². The van der Waals surface area contributed by atoms with Crippen LogP contribution in [0.4, 0.5) is 5.69 Å². The normalized spacial score (nSPS) is 13.2. The molecule has 0 spiro atoms. The molecule has 3 rings (SSSR count). The van der Waals surface area contributed by atoms with Gasteiger partial charge in [-0.1, -0.05) is 29.8 Å². The lowest BCUT2D eigenvalue weighted by atomic mass is 10.0. The van der Waals surface area contributed by atoms with Crippen molar-refractivity contribution in [2.45, 2.75) is 6.92 Å². The Bertz CT molecular complexity index is 722. The van der Waals surface area contributed by atoms with Crippen LogP contribution in [0.1, 0.15) is 22.8 Å². The standard InChI is InChI=1S/C16H12ClNO2/c1-10(19)11-3-2-4-12(7-11)15-9-20-16-8-13(17)5-6-14(16)18-15/h2-8H,9H2,1H3. The van der Waals surface area contributed by atoms with E-state index in [1.807, 2.05) is 24.3 Å². The van der Waals surface area contributed by atoms with E-state index in [1.54, 1.807) is 25.1 Å². The quantitative estimate of drug-likeness (QED) is 0.781. The first-order valence-corrected chi connectivity index (χ1v) is 6.62. The van der Waals surface area contributed by atoms with Crippen LogP contribution < -0.4 is 4.74 Å². The fourth-order valence-corrected chi connectivity index (χ4v) is 2.25. The number of rotatable bonds is 2. The molecule has 0 aliphatic carbocycles. The summed E-state index contributed by atoms with van der Waals surface area (Å²) in [7, 11) is 0. The van der Waals surface area contributed by atoms with Crippen LogP contribution >= 0.6 is 11.6 Å². The molecule has 1 heterocycles. The number of ketones is 1. The molecule has 1 aliphatic heterocycles. The molecule has 0 radical (unpaired) electrons. The van der Waals surface area contributed by atoms with Gasteiger partial charge in [-0.2, -0.15) is 0 Å². The van der Waals surface area contributed by atoms with E-state index in [0.29, 0.717) is 22.9 Å². The number of halogens is 1. The Morgan fingerprint density at radius 3 is 2.90 bits per heavy atom. The fourth-order valence-electron chi connectivity index (χ4n) is 2.09. The number of carbonyl (C=O) groups is 1. The predicted molar refractivity (Wildman–Crippen MR) is 79.6 cm³/mol. The first-order chi connectivity index (χ1) is 9.63. The van der Waals surface area contributed by atoms with Gasteiger partial charge >= 0.3 is 0 Å². The number of Topliss-reactive ketones (excluding diaryl/α,β-unsaturated/α-hetero) is 1. The third-order valence-corrected chi connectivity index (χ3v) is 3.38. The highest BCUT2D eigenvalue weighted by Gasteiger charge is 2.15. The molecule has 0 amide bonds. The topological polar surface area (TPSA) is 38.7 Å². The summed E-state index contributed by atoms with van der Waals surface area (Å²) in [6, 6.07) is 12.8. The third kappa shape index (κ3) is 2.45. The van der Waals surface area contributed by atoms with Crippen LogP contribution in [0.3, 0.4) is 0 Å². The van der Waals surface area contributed by atoms with E-state index < -0.39 is 0 Å².